The van der Waals surface area contributed by atoms with E-state index in [1.165, 1.54) is 16.3 Å². The van der Waals surface area contributed by atoms with Crippen molar-refractivity contribution in [2.24, 2.45) is 0 Å². The summed E-state index contributed by atoms with van der Waals surface area (Å²) < 4.78 is 5.75. The SMILES string of the molecule is c1cnc2c(c1)cc(-c1coc3ccccc13)c1ccccc12. The largest absolute Gasteiger partial charge is 0.464 e. The quantitative estimate of drug-likeness (QED) is 0.365. The van der Waals surface area contributed by atoms with E-state index in [1.807, 2.05) is 36.7 Å². The van der Waals surface area contributed by atoms with E-state index >= 15 is 0 Å². The highest BCUT2D eigenvalue weighted by Crippen LogP contribution is 2.38. The summed E-state index contributed by atoms with van der Waals surface area (Å²) in [5, 5.41) is 4.66. The molecule has 3 aromatic carbocycles. The van der Waals surface area contributed by atoms with Crippen LogP contribution in [0.1, 0.15) is 0 Å². The molecule has 23 heavy (non-hydrogen) atoms. The highest BCUT2D eigenvalue weighted by atomic mass is 16.3. The van der Waals surface area contributed by atoms with Gasteiger partial charge in [0.15, 0.2) is 0 Å². The number of pyridine rings is 1. The lowest BCUT2D eigenvalue weighted by atomic mass is 9.95. The molecule has 0 N–H and O–H groups in total. The topological polar surface area (TPSA) is 26.0 Å². The molecule has 0 spiro atoms. The zero-order valence-electron chi connectivity index (χ0n) is 12.4. The van der Waals surface area contributed by atoms with Crippen LogP contribution >= 0.6 is 0 Å². The molecule has 0 saturated carbocycles. The fraction of sp³-hybridized carbons (Fsp3) is 0. The lowest BCUT2D eigenvalue weighted by molar-refractivity contribution is 0.617. The van der Waals surface area contributed by atoms with Gasteiger partial charge in [0.25, 0.3) is 0 Å². The third kappa shape index (κ3) is 1.78. The summed E-state index contributed by atoms with van der Waals surface area (Å²) in [6.07, 6.45) is 3.70. The molecule has 0 fully saturated rings. The molecule has 0 bridgehead atoms. The van der Waals surface area contributed by atoms with Crippen LogP contribution in [0.3, 0.4) is 0 Å². The highest BCUT2D eigenvalue weighted by molar-refractivity contribution is 6.14. The Morgan fingerprint density at radius 3 is 2.39 bits per heavy atom. The van der Waals surface area contributed by atoms with E-state index in [-0.39, 0.29) is 0 Å². The predicted molar refractivity (Wildman–Crippen MR) is 94.5 cm³/mol. The average molecular weight is 295 g/mol. The third-order valence-electron chi connectivity index (χ3n) is 4.38. The first kappa shape index (κ1) is 12.4. The molecule has 2 heteroatoms. The van der Waals surface area contributed by atoms with Crippen LogP contribution in [0.2, 0.25) is 0 Å². The summed E-state index contributed by atoms with van der Waals surface area (Å²) in [5.74, 6) is 0. The Hall–Kier alpha value is -3.13. The minimum absolute atomic E-state index is 0.915. The first-order valence-electron chi connectivity index (χ1n) is 7.65. The van der Waals surface area contributed by atoms with E-state index < -0.39 is 0 Å². The first-order valence-corrected chi connectivity index (χ1v) is 7.65. The van der Waals surface area contributed by atoms with Gasteiger partial charge in [-0.25, -0.2) is 0 Å². The molecule has 5 aromatic rings. The molecule has 5 rings (SSSR count). The molecule has 108 valence electrons. The standard InChI is InChI=1S/C21H13NO/c1-2-9-17-15(7-1)18(12-14-6-5-11-22-21(14)17)19-13-23-20-10-4-3-8-16(19)20/h1-13H. The van der Waals surface area contributed by atoms with Gasteiger partial charge in [0.2, 0.25) is 0 Å². The fourth-order valence-electron chi connectivity index (χ4n) is 3.33. The van der Waals surface area contributed by atoms with Gasteiger partial charge in [-0.1, -0.05) is 48.5 Å². The van der Waals surface area contributed by atoms with Crippen LogP contribution < -0.4 is 0 Å². The average Bonchev–Trinajstić information content (AvgIpc) is 3.05. The monoisotopic (exact) mass is 295 g/mol. The van der Waals surface area contributed by atoms with Crippen LogP contribution in [0.25, 0.3) is 43.8 Å². The van der Waals surface area contributed by atoms with E-state index in [0.717, 1.165) is 27.4 Å². The van der Waals surface area contributed by atoms with Crippen LogP contribution in [0, 0.1) is 0 Å². The minimum Gasteiger partial charge on any atom is -0.464 e. The van der Waals surface area contributed by atoms with Crippen molar-refractivity contribution in [2.45, 2.75) is 0 Å². The number of furan rings is 1. The summed E-state index contributed by atoms with van der Waals surface area (Å²) in [4.78, 5) is 4.57. The van der Waals surface area contributed by atoms with Crippen molar-refractivity contribution in [1.29, 1.82) is 0 Å². The molecule has 2 nitrogen and oxygen atoms in total. The van der Waals surface area contributed by atoms with Crippen molar-refractivity contribution in [3.8, 4) is 11.1 Å². The summed E-state index contributed by atoms with van der Waals surface area (Å²) in [7, 11) is 0. The van der Waals surface area contributed by atoms with Crippen molar-refractivity contribution < 1.29 is 4.42 Å². The van der Waals surface area contributed by atoms with Crippen LogP contribution in [-0.2, 0) is 0 Å². The number of fused-ring (bicyclic) bond motifs is 4. The van der Waals surface area contributed by atoms with Gasteiger partial charge in [0.1, 0.15) is 5.58 Å². The number of aromatic nitrogens is 1. The Balaban J connectivity index is 1.97. The summed E-state index contributed by atoms with van der Waals surface area (Å²) in [6, 6.07) is 22.9. The number of hydrogen-bond acceptors (Lipinski definition) is 2. The number of rotatable bonds is 1. The second-order valence-corrected chi connectivity index (χ2v) is 5.69. The number of para-hydroxylation sites is 1. The zero-order valence-corrected chi connectivity index (χ0v) is 12.4. The van der Waals surface area contributed by atoms with Gasteiger partial charge in [-0.15, -0.1) is 0 Å². The van der Waals surface area contributed by atoms with E-state index in [0.29, 0.717) is 0 Å². The minimum atomic E-state index is 0.915. The Morgan fingerprint density at radius 2 is 1.48 bits per heavy atom. The predicted octanol–water partition coefficient (Wildman–Crippen LogP) is 5.80. The van der Waals surface area contributed by atoms with Crippen molar-refractivity contribution >= 4 is 32.6 Å². The second kappa shape index (κ2) is 4.68. The summed E-state index contributed by atoms with van der Waals surface area (Å²) >= 11 is 0. The van der Waals surface area contributed by atoms with E-state index in [9.17, 15) is 0 Å². The summed E-state index contributed by atoms with van der Waals surface area (Å²) in [5.41, 5.74) is 4.27. The Labute approximate surface area is 133 Å². The van der Waals surface area contributed by atoms with Crippen LogP contribution in [0.5, 0.6) is 0 Å². The van der Waals surface area contributed by atoms with Gasteiger partial charge >= 0.3 is 0 Å². The zero-order chi connectivity index (χ0) is 15.2. The smallest absolute Gasteiger partial charge is 0.134 e. The normalized spacial score (nSPS) is 11.5. The van der Waals surface area contributed by atoms with Crippen LogP contribution in [-0.4, -0.2) is 4.98 Å². The van der Waals surface area contributed by atoms with Crippen molar-refractivity contribution in [1.82, 2.24) is 4.98 Å². The fourth-order valence-corrected chi connectivity index (χ4v) is 3.33. The van der Waals surface area contributed by atoms with E-state index in [2.05, 4.69) is 47.4 Å². The molecule has 0 unspecified atom stereocenters. The van der Waals surface area contributed by atoms with E-state index in [4.69, 9.17) is 4.42 Å². The Bertz CT molecular complexity index is 1170. The van der Waals surface area contributed by atoms with Crippen molar-refractivity contribution in [3.63, 3.8) is 0 Å². The first-order chi connectivity index (χ1) is 11.4. The van der Waals surface area contributed by atoms with Crippen LogP contribution in [0.4, 0.5) is 0 Å². The maximum absolute atomic E-state index is 5.75. The lowest BCUT2D eigenvalue weighted by Crippen LogP contribution is -1.85. The number of nitrogens with zero attached hydrogens (tertiary/aromatic N) is 1. The van der Waals surface area contributed by atoms with Gasteiger partial charge in [-0.2, -0.15) is 0 Å². The van der Waals surface area contributed by atoms with Crippen LogP contribution in [0.15, 0.2) is 83.6 Å². The van der Waals surface area contributed by atoms with E-state index in [1.54, 1.807) is 0 Å². The third-order valence-corrected chi connectivity index (χ3v) is 4.38. The molecule has 0 aliphatic carbocycles. The number of benzene rings is 3. The Kier molecular flexibility index (Phi) is 2.53. The van der Waals surface area contributed by atoms with Gasteiger partial charge < -0.3 is 4.42 Å². The molecule has 0 radical (unpaired) electrons. The van der Waals surface area contributed by atoms with Gasteiger partial charge in [-0.3, -0.25) is 4.98 Å². The maximum Gasteiger partial charge on any atom is 0.134 e. The van der Waals surface area contributed by atoms with Gasteiger partial charge in [0.05, 0.1) is 11.8 Å². The molecular weight excluding hydrogens is 282 g/mol. The molecule has 0 amide bonds. The van der Waals surface area contributed by atoms with Gasteiger partial charge in [0, 0.05) is 27.9 Å². The molecule has 0 saturated heterocycles. The molecular formula is C21H13NO. The second-order valence-electron chi connectivity index (χ2n) is 5.69. The molecule has 0 atom stereocenters. The lowest BCUT2D eigenvalue weighted by Gasteiger charge is -2.09. The number of hydrogen-bond donors (Lipinski definition) is 0. The van der Waals surface area contributed by atoms with Gasteiger partial charge in [-0.05, 0) is 29.1 Å². The summed E-state index contributed by atoms with van der Waals surface area (Å²) in [6.45, 7) is 0. The molecule has 2 aromatic heterocycles. The Morgan fingerprint density at radius 1 is 0.696 bits per heavy atom. The molecule has 2 heterocycles. The maximum atomic E-state index is 5.75. The highest BCUT2D eigenvalue weighted by Gasteiger charge is 2.13. The van der Waals surface area contributed by atoms with Crippen molar-refractivity contribution in [3.05, 3.63) is 79.2 Å². The van der Waals surface area contributed by atoms with Crippen molar-refractivity contribution in [2.75, 3.05) is 0 Å². The molecule has 0 aliphatic heterocycles. The molecule has 0 aliphatic rings.